The van der Waals surface area contributed by atoms with E-state index in [1.165, 1.54) is 10.6 Å². The molecule has 1 aromatic rings. The van der Waals surface area contributed by atoms with E-state index < -0.39 is 6.04 Å². The van der Waals surface area contributed by atoms with Gasteiger partial charge in [0.05, 0.1) is 0 Å². The fourth-order valence-electron chi connectivity index (χ4n) is 2.10. The lowest BCUT2D eigenvalue weighted by Crippen LogP contribution is -2.49. The van der Waals surface area contributed by atoms with Gasteiger partial charge in [-0.25, -0.2) is 4.79 Å². The Bertz CT molecular complexity index is 482. The highest BCUT2D eigenvalue weighted by molar-refractivity contribution is 5.86. The standard InChI is InChI=1S/C15H26N4O2/c1-11(8-9-13-7-6-10-19(13)5)16-15(21)17-12(2)14(20)18(3)4/h6-7,10-12H,8-9H2,1-5H3,(H2,16,17,21)/t11-,12-/m1/s1. The highest BCUT2D eigenvalue weighted by Gasteiger charge is 2.17. The van der Waals surface area contributed by atoms with Gasteiger partial charge >= 0.3 is 6.03 Å². The molecule has 0 aliphatic rings. The molecule has 6 heteroatoms. The highest BCUT2D eigenvalue weighted by atomic mass is 16.2. The average Bonchev–Trinajstić information content (AvgIpc) is 2.80. The molecule has 3 amide bonds. The molecule has 1 heterocycles. The van der Waals surface area contributed by atoms with Crippen LogP contribution in [0.1, 0.15) is 26.0 Å². The van der Waals surface area contributed by atoms with Crippen molar-refractivity contribution in [2.45, 2.75) is 38.8 Å². The fourth-order valence-corrected chi connectivity index (χ4v) is 2.10. The first-order valence-corrected chi connectivity index (χ1v) is 7.19. The summed E-state index contributed by atoms with van der Waals surface area (Å²) < 4.78 is 2.07. The number of rotatable bonds is 6. The molecule has 0 aromatic carbocycles. The number of amides is 3. The number of carbonyl (C=O) groups is 2. The van der Waals surface area contributed by atoms with Crippen LogP contribution in [0.25, 0.3) is 0 Å². The molecule has 1 aromatic heterocycles. The summed E-state index contributed by atoms with van der Waals surface area (Å²) in [6.07, 6.45) is 3.76. The molecule has 0 aliphatic carbocycles. The Hall–Kier alpha value is -1.98. The van der Waals surface area contributed by atoms with Crippen LogP contribution in [0.5, 0.6) is 0 Å². The Morgan fingerprint density at radius 1 is 1.29 bits per heavy atom. The third-order valence-electron chi connectivity index (χ3n) is 3.42. The van der Waals surface area contributed by atoms with Crippen molar-refractivity contribution < 1.29 is 9.59 Å². The summed E-state index contributed by atoms with van der Waals surface area (Å²) in [6.45, 7) is 3.64. The third kappa shape index (κ3) is 5.49. The molecule has 0 saturated heterocycles. The SMILES string of the molecule is C[C@H](CCc1cccn1C)NC(=O)N[C@H](C)C(=O)N(C)C. The van der Waals surface area contributed by atoms with Crippen LogP contribution in [-0.2, 0) is 18.3 Å². The lowest BCUT2D eigenvalue weighted by atomic mass is 10.1. The van der Waals surface area contributed by atoms with E-state index in [4.69, 9.17) is 0 Å². The van der Waals surface area contributed by atoms with Gasteiger partial charge in [-0.2, -0.15) is 0 Å². The van der Waals surface area contributed by atoms with Crippen molar-refractivity contribution in [1.82, 2.24) is 20.1 Å². The third-order valence-corrected chi connectivity index (χ3v) is 3.42. The van der Waals surface area contributed by atoms with Crippen LogP contribution in [0.15, 0.2) is 18.3 Å². The van der Waals surface area contributed by atoms with Crippen molar-refractivity contribution in [2.75, 3.05) is 14.1 Å². The Labute approximate surface area is 126 Å². The van der Waals surface area contributed by atoms with E-state index in [2.05, 4.69) is 21.3 Å². The van der Waals surface area contributed by atoms with Crippen LogP contribution in [0, 0.1) is 0 Å². The van der Waals surface area contributed by atoms with Crippen LogP contribution >= 0.6 is 0 Å². The van der Waals surface area contributed by atoms with Crippen LogP contribution < -0.4 is 10.6 Å². The number of urea groups is 1. The van der Waals surface area contributed by atoms with Gasteiger partial charge in [0.1, 0.15) is 6.04 Å². The van der Waals surface area contributed by atoms with Crippen molar-refractivity contribution >= 4 is 11.9 Å². The molecule has 118 valence electrons. The molecule has 21 heavy (non-hydrogen) atoms. The highest BCUT2D eigenvalue weighted by Crippen LogP contribution is 2.05. The van der Waals surface area contributed by atoms with Gasteiger partial charge in [-0.1, -0.05) is 0 Å². The second-order valence-electron chi connectivity index (χ2n) is 5.62. The van der Waals surface area contributed by atoms with Crippen LogP contribution in [0.4, 0.5) is 4.79 Å². The molecule has 2 atom stereocenters. The summed E-state index contributed by atoms with van der Waals surface area (Å²) in [4.78, 5) is 24.9. The number of carbonyl (C=O) groups excluding carboxylic acids is 2. The van der Waals surface area contributed by atoms with E-state index in [1.54, 1.807) is 21.0 Å². The predicted molar refractivity (Wildman–Crippen MR) is 83.0 cm³/mol. The molecule has 0 bridgehead atoms. The summed E-state index contributed by atoms with van der Waals surface area (Å²) >= 11 is 0. The lowest BCUT2D eigenvalue weighted by Gasteiger charge is -2.20. The Kier molecular flexibility index (Phi) is 6.27. The topological polar surface area (TPSA) is 66.4 Å². The minimum atomic E-state index is -0.528. The second-order valence-corrected chi connectivity index (χ2v) is 5.62. The monoisotopic (exact) mass is 294 g/mol. The van der Waals surface area contributed by atoms with Gasteiger partial charge in [0.2, 0.25) is 5.91 Å². The predicted octanol–water partition coefficient (Wildman–Crippen LogP) is 1.12. The Balaban J connectivity index is 2.34. The van der Waals surface area contributed by atoms with Crippen molar-refractivity contribution in [1.29, 1.82) is 0 Å². The fraction of sp³-hybridized carbons (Fsp3) is 0.600. The Morgan fingerprint density at radius 2 is 1.95 bits per heavy atom. The number of nitrogens with zero attached hydrogens (tertiary/aromatic N) is 2. The van der Waals surface area contributed by atoms with E-state index in [0.717, 1.165) is 12.8 Å². The molecule has 0 spiro atoms. The molecule has 0 saturated carbocycles. The molecule has 0 unspecified atom stereocenters. The normalized spacial score (nSPS) is 13.4. The molecule has 0 radical (unpaired) electrons. The lowest BCUT2D eigenvalue weighted by molar-refractivity contribution is -0.130. The van der Waals surface area contributed by atoms with Gasteiger partial charge in [0.15, 0.2) is 0 Å². The van der Waals surface area contributed by atoms with Crippen LogP contribution in [-0.4, -0.2) is 47.6 Å². The number of hydrogen-bond acceptors (Lipinski definition) is 2. The summed E-state index contributed by atoms with van der Waals surface area (Å²) in [6, 6.07) is 3.29. The van der Waals surface area contributed by atoms with Crippen molar-refractivity contribution in [3.8, 4) is 0 Å². The zero-order valence-electron chi connectivity index (χ0n) is 13.5. The van der Waals surface area contributed by atoms with Crippen molar-refractivity contribution in [3.05, 3.63) is 24.0 Å². The number of nitrogens with one attached hydrogen (secondary N) is 2. The smallest absolute Gasteiger partial charge is 0.315 e. The van der Waals surface area contributed by atoms with Crippen molar-refractivity contribution in [3.63, 3.8) is 0 Å². The molecule has 0 fully saturated rings. The molecular weight excluding hydrogens is 268 g/mol. The van der Waals surface area contributed by atoms with E-state index in [0.29, 0.717) is 0 Å². The maximum absolute atomic E-state index is 11.8. The van der Waals surface area contributed by atoms with Crippen LogP contribution in [0.3, 0.4) is 0 Å². The molecule has 2 N–H and O–H groups in total. The number of aryl methyl sites for hydroxylation is 2. The van der Waals surface area contributed by atoms with Gasteiger partial charge in [-0.15, -0.1) is 0 Å². The van der Waals surface area contributed by atoms with E-state index in [9.17, 15) is 9.59 Å². The van der Waals surface area contributed by atoms with Gasteiger partial charge in [-0.05, 0) is 38.8 Å². The summed E-state index contributed by atoms with van der Waals surface area (Å²) in [5.41, 5.74) is 1.24. The minimum absolute atomic E-state index is 0.0431. The van der Waals surface area contributed by atoms with E-state index >= 15 is 0 Å². The second kappa shape index (κ2) is 7.71. The number of likely N-dealkylation sites (N-methyl/N-ethyl adjacent to an activating group) is 1. The summed E-state index contributed by atoms with van der Waals surface area (Å²) in [5.74, 6) is -0.124. The first kappa shape index (κ1) is 17.1. The maximum atomic E-state index is 11.8. The maximum Gasteiger partial charge on any atom is 0.315 e. The van der Waals surface area contributed by atoms with Gasteiger partial charge in [0, 0.05) is 39.1 Å². The van der Waals surface area contributed by atoms with Crippen LogP contribution in [0.2, 0.25) is 0 Å². The zero-order chi connectivity index (χ0) is 16.0. The average molecular weight is 294 g/mol. The number of aromatic nitrogens is 1. The van der Waals surface area contributed by atoms with E-state index in [-0.39, 0.29) is 18.0 Å². The first-order valence-electron chi connectivity index (χ1n) is 7.19. The molecular formula is C15H26N4O2. The number of hydrogen-bond donors (Lipinski definition) is 2. The van der Waals surface area contributed by atoms with Gasteiger partial charge < -0.3 is 20.1 Å². The van der Waals surface area contributed by atoms with Gasteiger partial charge in [-0.3, -0.25) is 4.79 Å². The first-order chi connectivity index (χ1) is 9.81. The molecule has 1 rings (SSSR count). The summed E-state index contributed by atoms with van der Waals surface area (Å²) in [5, 5.41) is 5.51. The summed E-state index contributed by atoms with van der Waals surface area (Å²) in [7, 11) is 5.34. The van der Waals surface area contributed by atoms with Crippen molar-refractivity contribution in [2.24, 2.45) is 7.05 Å². The largest absolute Gasteiger partial charge is 0.354 e. The molecule has 6 nitrogen and oxygen atoms in total. The van der Waals surface area contributed by atoms with E-state index in [1.807, 2.05) is 26.2 Å². The quantitative estimate of drug-likeness (QED) is 0.826. The Morgan fingerprint density at radius 3 is 2.48 bits per heavy atom. The molecule has 0 aliphatic heterocycles. The van der Waals surface area contributed by atoms with Gasteiger partial charge in [0.25, 0.3) is 0 Å². The zero-order valence-corrected chi connectivity index (χ0v) is 13.5. The minimum Gasteiger partial charge on any atom is -0.354 e.